The van der Waals surface area contributed by atoms with Crippen molar-refractivity contribution in [3.8, 4) is 0 Å². The predicted octanol–water partition coefficient (Wildman–Crippen LogP) is 5.30. The van der Waals surface area contributed by atoms with Crippen LogP contribution >= 0.6 is 11.3 Å². The summed E-state index contributed by atoms with van der Waals surface area (Å²) in [7, 11) is 0. The molecule has 1 amide bonds. The Morgan fingerprint density at radius 2 is 2.12 bits per heavy atom. The van der Waals surface area contributed by atoms with E-state index >= 15 is 0 Å². The maximum atomic E-state index is 12.4. The van der Waals surface area contributed by atoms with Crippen LogP contribution in [0.2, 0.25) is 0 Å². The fourth-order valence-electron chi connectivity index (χ4n) is 3.68. The van der Waals surface area contributed by atoms with Crippen molar-refractivity contribution >= 4 is 28.1 Å². The predicted molar refractivity (Wildman–Crippen MR) is 129 cm³/mol. The van der Waals surface area contributed by atoms with Gasteiger partial charge in [-0.3, -0.25) is 9.69 Å². The summed E-state index contributed by atoms with van der Waals surface area (Å²) in [5, 5.41) is 6.33. The molecular formula is C25H30N4O2S. The number of hydrogen-bond donors (Lipinski definition) is 2. The van der Waals surface area contributed by atoms with Gasteiger partial charge < -0.3 is 14.7 Å². The number of rotatable bonds is 10. The normalized spacial score (nSPS) is 12.5. The number of carbonyl (C=O) groups excluding carboxylic acids is 1. The molecule has 6 nitrogen and oxygen atoms in total. The van der Waals surface area contributed by atoms with E-state index in [1.165, 1.54) is 27.7 Å². The summed E-state index contributed by atoms with van der Waals surface area (Å²) in [4.78, 5) is 23.9. The molecule has 0 aliphatic carbocycles. The van der Waals surface area contributed by atoms with E-state index in [1.54, 1.807) is 11.3 Å². The SMILES string of the molecule is CC[C@@H](C)NC(=O)c1coc(CN(CCc2c[nH]c3ccccc23)Cc2sccc2C)n1. The number of amides is 1. The standard InChI is InChI=1S/C25H30N4O2S/c1-4-18(3)27-25(30)22-16-31-24(28-22)15-29(14-23-17(2)10-12-32-23)11-9-19-13-26-21-8-6-5-7-20(19)21/h5-8,10,12-13,16,18,26H,4,9,11,14-15H2,1-3H3,(H,27,30)/t18-/m1/s1. The zero-order valence-corrected chi connectivity index (χ0v) is 19.7. The fourth-order valence-corrected chi connectivity index (χ4v) is 4.63. The molecule has 0 saturated heterocycles. The summed E-state index contributed by atoms with van der Waals surface area (Å²) < 4.78 is 5.67. The van der Waals surface area contributed by atoms with Gasteiger partial charge in [0.2, 0.25) is 5.89 Å². The molecule has 3 aromatic heterocycles. The van der Waals surface area contributed by atoms with E-state index in [4.69, 9.17) is 4.42 Å². The first-order valence-electron chi connectivity index (χ1n) is 11.1. The molecule has 7 heteroatoms. The second-order valence-electron chi connectivity index (χ2n) is 8.26. The Hall–Kier alpha value is -2.90. The number of carbonyl (C=O) groups is 1. The summed E-state index contributed by atoms with van der Waals surface area (Å²) in [5.41, 5.74) is 4.10. The Labute approximate surface area is 192 Å². The third-order valence-electron chi connectivity index (χ3n) is 5.84. The van der Waals surface area contributed by atoms with Gasteiger partial charge in [-0.1, -0.05) is 25.1 Å². The van der Waals surface area contributed by atoms with E-state index in [0.717, 1.165) is 31.4 Å². The number of aromatic amines is 1. The molecule has 2 N–H and O–H groups in total. The average molecular weight is 451 g/mol. The monoisotopic (exact) mass is 450 g/mol. The first kappa shape index (κ1) is 22.3. The van der Waals surface area contributed by atoms with Gasteiger partial charge in [-0.2, -0.15) is 0 Å². The van der Waals surface area contributed by atoms with E-state index in [9.17, 15) is 4.79 Å². The molecule has 1 aromatic carbocycles. The zero-order chi connectivity index (χ0) is 22.5. The maximum absolute atomic E-state index is 12.4. The van der Waals surface area contributed by atoms with E-state index in [2.05, 4.69) is 63.0 Å². The number of thiophene rings is 1. The van der Waals surface area contributed by atoms with E-state index < -0.39 is 0 Å². The van der Waals surface area contributed by atoms with Crippen molar-refractivity contribution in [1.82, 2.24) is 20.2 Å². The number of hydrogen-bond acceptors (Lipinski definition) is 5. The second kappa shape index (κ2) is 10.1. The molecule has 168 valence electrons. The Bertz CT molecular complexity index is 1180. The number of oxazole rings is 1. The average Bonchev–Trinajstić information content (AvgIpc) is 3.52. The Morgan fingerprint density at radius 1 is 1.28 bits per heavy atom. The molecule has 1 atom stereocenters. The number of fused-ring (bicyclic) bond motifs is 1. The lowest BCUT2D eigenvalue weighted by atomic mass is 10.1. The van der Waals surface area contributed by atoms with Crippen molar-refractivity contribution in [1.29, 1.82) is 0 Å². The van der Waals surface area contributed by atoms with Gasteiger partial charge in [0.15, 0.2) is 5.69 Å². The highest BCUT2D eigenvalue weighted by molar-refractivity contribution is 7.10. The Kier molecular flexibility index (Phi) is 7.07. The summed E-state index contributed by atoms with van der Waals surface area (Å²) >= 11 is 1.77. The van der Waals surface area contributed by atoms with Crippen molar-refractivity contribution < 1.29 is 9.21 Å². The van der Waals surface area contributed by atoms with Crippen LogP contribution in [0.4, 0.5) is 0 Å². The number of benzene rings is 1. The summed E-state index contributed by atoms with van der Waals surface area (Å²) in [6.07, 6.45) is 5.34. The first-order valence-corrected chi connectivity index (χ1v) is 12.0. The van der Waals surface area contributed by atoms with E-state index in [1.807, 2.05) is 19.9 Å². The zero-order valence-electron chi connectivity index (χ0n) is 18.9. The molecule has 3 heterocycles. The highest BCUT2D eigenvalue weighted by Crippen LogP contribution is 2.22. The highest BCUT2D eigenvalue weighted by atomic mass is 32.1. The van der Waals surface area contributed by atoms with E-state index in [-0.39, 0.29) is 11.9 Å². The summed E-state index contributed by atoms with van der Waals surface area (Å²) in [6, 6.07) is 10.6. The van der Waals surface area contributed by atoms with Crippen LogP contribution in [0.5, 0.6) is 0 Å². The van der Waals surface area contributed by atoms with Crippen molar-refractivity contribution in [3.63, 3.8) is 0 Å². The molecule has 0 fully saturated rings. The molecule has 0 unspecified atom stereocenters. The lowest BCUT2D eigenvalue weighted by Crippen LogP contribution is -2.32. The molecule has 32 heavy (non-hydrogen) atoms. The number of nitrogens with zero attached hydrogens (tertiary/aromatic N) is 2. The van der Waals surface area contributed by atoms with Crippen LogP contribution in [0.3, 0.4) is 0 Å². The maximum Gasteiger partial charge on any atom is 0.273 e. The van der Waals surface area contributed by atoms with Gasteiger partial charge in [0.25, 0.3) is 5.91 Å². The van der Waals surface area contributed by atoms with Crippen LogP contribution in [0.15, 0.2) is 52.6 Å². The van der Waals surface area contributed by atoms with Gasteiger partial charge in [0, 0.05) is 41.1 Å². The van der Waals surface area contributed by atoms with Gasteiger partial charge in [-0.05, 0) is 55.3 Å². The molecule has 4 aromatic rings. The number of aromatic nitrogens is 2. The number of para-hydroxylation sites is 1. The molecule has 0 aliphatic rings. The lowest BCUT2D eigenvalue weighted by Gasteiger charge is -2.20. The smallest absolute Gasteiger partial charge is 0.273 e. The van der Waals surface area contributed by atoms with Crippen LogP contribution < -0.4 is 5.32 Å². The quantitative estimate of drug-likeness (QED) is 0.344. The van der Waals surface area contributed by atoms with Gasteiger partial charge >= 0.3 is 0 Å². The molecule has 0 aliphatic heterocycles. The number of H-pyrrole nitrogens is 1. The van der Waals surface area contributed by atoms with E-state index in [0.29, 0.717) is 18.1 Å². The summed E-state index contributed by atoms with van der Waals surface area (Å²) in [6.45, 7) is 8.40. The fraction of sp³-hybridized carbons (Fsp3) is 0.360. The molecule has 0 radical (unpaired) electrons. The molecule has 0 saturated carbocycles. The number of aryl methyl sites for hydroxylation is 1. The van der Waals surface area contributed by atoms with Crippen LogP contribution in [-0.4, -0.2) is 33.4 Å². The first-order chi connectivity index (χ1) is 15.5. The van der Waals surface area contributed by atoms with Crippen molar-refractivity contribution in [3.05, 3.63) is 75.8 Å². The molecular weight excluding hydrogens is 420 g/mol. The largest absolute Gasteiger partial charge is 0.447 e. The summed E-state index contributed by atoms with van der Waals surface area (Å²) in [5.74, 6) is 0.376. The van der Waals surface area contributed by atoms with Crippen molar-refractivity contribution in [2.45, 2.75) is 52.7 Å². The van der Waals surface area contributed by atoms with Gasteiger partial charge in [0.05, 0.1) is 6.54 Å². The van der Waals surface area contributed by atoms with Crippen LogP contribution in [0, 0.1) is 6.92 Å². The van der Waals surface area contributed by atoms with Crippen molar-refractivity contribution in [2.24, 2.45) is 0 Å². The molecule has 4 rings (SSSR count). The highest BCUT2D eigenvalue weighted by Gasteiger charge is 2.17. The Balaban J connectivity index is 1.47. The second-order valence-corrected chi connectivity index (χ2v) is 9.26. The van der Waals surface area contributed by atoms with Crippen LogP contribution in [0.25, 0.3) is 10.9 Å². The minimum atomic E-state index is -0.186. The van der Waals surface area contributed by atoms with Crippen molar-refractivity contribution in [2.75, 3.05) is 6.54 Å². The number of nitrogens with one attached hydrogen (secondary N) is 2. The third kappa shape index (κ3) is 5.29. The van der Waals surface area contributed by atoms with Crippen LogP contribution in [0.1, 0.15) is 52.7 Å². The minimum Gasteiger partial charge on any atom is -0.447 e. The minimum absolute atomic E-state index is 0.108. The molecule has 0 spiro atoms. The lowest BCUT2D eigenvalue weighted by molar-refractivity contribution is 0.0934. The topological polar surface area (TPSA) is 74.2 Å². The van der Waals surface area contributed by atoms with Crippen LogP contribution in [-0.2, 0) is 19.5 Å². The van der Waals surface area contributed by atoms with Gasteiger partial charge in [-0.15, -0.1) is 11.3 Å². The van der Waals surface area contributed by atoms with Gasteiger partial charge in [-0.25, -0.2) is 4.98 Å². The Morgan fingerprint density at radius 3 is 2.91 bits per heavy atom. The molecule has 0 bridgehead atoms. The van der Waals surface area contributed by atoms with Gasteiger partial charge in [0.1, 0.15) is 6.26 Å². The third-order valence-corrected chi connectivity index (χ3v) is 6.85.